The molecule has 2 aromatic carbocycles. The summed E-state index contributed by atoms with van der Waals surface area (Å²) < 4.78 is 0. The summed E-state index contributed by atoms with van der Waals surface area (Å²) in [5, 5.41) is 5.59. The summed E-state index contributed by atoms with van der Waals surface area (Å²) in [7, 11) is 1.61. The van der Waals surface area contributed by atoms with Gasteiger partial charge in [0, 0.05) is 13.6 Å². The first-order valence-electron chi connectivity index (χ1n) is 8.12. The molecule has 0 bridgehead atoms. The number of nitrogens with one attached hydrogen (secondary N) is 2. The minimum atomic E-state index is -0.244. The number of benzene rings is 2. The smallest absolute Gasteiger partial charge is 0.315 e. The van der Waals surface area contributed by atoms with E-state index in [1.807, 2.05) is 36.4 Å². The van der Waals surface area contributed by atoms with Crippen molar-refractivity contribution in [2.45, 2.75) is 12.5 Å². The number of amides is 2. The highest BCUT2D eigenvalue weighted by atomic mass is 16.2. The molecule has 0 saturated heterocycles. The van der Waals surface area contributed by atoms with Gasteiger partial charge in [0.25, 0.3) is 0 Å². The van der Waals surface area contributed by atoms with Gasteiger partial charge in [-0.1, -0.05) is 60.7 Å². The SMILES string of the molecule is CNC(=O)NC(C1=NCCC=C1)c1ccc(-c2ccccc2)cc1. The van der Waals surface area contributed by atoms with Gasteiger partial charge in [-0.05, 0) is 29.2 Å². The summed E-state index contributed by atoms with van der Waals surface area (Å²) >= 11 is 0. The zero-order valence-corrected chi connectivity index (χ0v) is 13.7. The summed E-state index contributed by atoms with van der Waals surface area (Å²) in [5.74, 6) is 0. The van der Waals surface area contributed by atoms with Crippen LogP contribution in [-0.2, 0) is 0 Å². The molecular formula is C20H21N3O. The van der Waals surface area contributed by atoms with Crippen molar-refractivity contribution in [2.75, 3.05) is 13.6 Å². The van der Waals surface area contributed by atoms with Crippen molar-refractivity contribution in [2.24, 2.45) is 4.99 Å². The Morgan fingerprint density at radius 1 is 1.04 bits per heavy atom. The fourth-order valence-corrected chi connectivity index (χ4v) is 2.74. The van der Waals surface area contributed by atoms with Gasteiger partial charge in [-0.15, -0.1) is 0 Å². The molecule has 0 aliphatic carbocycles. The van der Waals surface area contributed by atoms with Crippen LogP contribution in [0.15, 0.2) is 71.7 Å². The van der Waals surface area contributed by atoms with E-state index in [1.165, 1.54) is 5.56 Å². The molecule has 1 atom stereocenters. The first kappa shape index (κ1) is 16.0. The molecule has 1 unspecified atom stereocenters. The quantitative estimate of drug-likeness (QED) is 0.886. The standard InChI is InChI=1S/C20H21N3O/c1-21-20(24)23-19(18-9-5-6-14-22-18)17-12-10-16(11-13-17)15-7-3-2-4-8-15/h2-5,7-13,19H,6,14H2,1H3,(H2,21,23,24). The molecule has 0 radical (unpaired) electrons. The van der Waals surface area contributed by atoms with E-state index in [1.54, 1.807) is 7.05 Å². The lowest BCUT2D eigenvalue weighted by Gasteiger charge is -2.21. The second-order valence-electron chi connectivity index (χ2n) is 5.64. The zero-order valence-electron chi connectivity index (χ0n) is 13.7. The molecule has 1 aliphatic rings. The average molecular weight is 319 g/mol. The lowest BCUT2D eigenvalue weighted by molar-refractivity contribution is 0.241. The van der Waals surface area contributed by atoms with E-state index in [4.69, 9.17) is 0 Å². The predicted octanol–water partition coefficient (Wildman–Crippen LogP) is 3.72. The molecule has 24 heavy (non-hydrogen) atoms. The third kappa shape index (κ3) is 3.71. The van der Waals surface area contributed by atoms with Gasteiger partial charge in [0.15, 0.2) is 0 Å². The topological polar surface area (TPSA) is 53.5 Å². The Bertz CT molecular complexity index is 748. The summed E-state index contributed by atoms with van der Waals surface area (Å²) in [5.41, 5.74) is 4.23. The molecule has 1 aliphatic heterocycles. The van der Waals surface area contributed by atoms with Gasteiger partial charge in [-0.2, -0.15) is 0 Å². The van der Waals surface area contributed by atoms with E-state index in [9.17, 15) is 4.79 Å². The van der Waals surface area contributed by atoms with Gasteiger partial charge in [-0.3, -0.25) is 4.99 Å². The normalized spacial score (nSPS) is 14.6. The minimum Gasteiger partial charge on any atom is -0.341 e. The monoisotopic (exact) mass is 319 g/mol. The number of carbonyl (C=O) groups is 1. The third-order valence-electron chi connectivity index (χ3n) is 4.03. The molecule has 122 valence electrons. The lowest BCUT2D eigenvalue weighted by atomic mass is 9.97. The van der Waals surface area contributed by atoms with E-state index in [0.717, 1.165) is 29.8 Å². The maximum Gasteiger partial charge on any atom is 0.315 e. The molecule has 2 N–H and O–H groups in total. The number of urea groups is 1. The highest BCUT2D eigenvalue weighted by molar-refractivity contribution is 6.02. The first-order chi connectivity index (χ1) is 11.8. The number of aliphatic imine (C=N–C) groups is 1. The third-order valence-corrected chi connectivity index (χ3v) is 4.03. The van der Waals surface area contributed by atoms with Crippen LogP contribution in [0.5, 0.6) is 0 Å². The van der Waals surface area contributed by atoms with Crippen LogP contribution in [0.4, 0.5) is 4.79 Å². The van der Waals surface area contributed by atoms with E-state index < -0.39 is 0 Å². The summed E-state index contributed by atoms with van der Waals surface area (Å²) in [6.45, 7) is 0.764. The first-order valence-corrected chi connectivity index (χ1v) is 8.12. The van der Waals surface area contributed by atoms with Crippen LogP contribution in [0.25, 0.3) is 11.1 Å². The highest BCUT2D eigenvalue weighted by Gasteiger charge is 2.19. The molecule has 0 aromatic heterocycles. The summed E-state index contributed by atoms with van der Waals surface area (Å²) in [6, 6.07) is 18.0. The van der Waals surface area contributed by atoms with E-state index in [2.05, 4.69) is 46.0 Å². The van der Waals surface area contributed by atoms with Crippen molar-refractivity contribution < 1.29 is 4.79 Å². The number of dihydropyridines is 1. The Morgan fingerprint density at radius 3 is 2.38 bits per heavy atom. The van der Waals surface area contributed by atoms with Crippen LogP contribution < -0.4 is 10.6 Å². The molecular weight excluding hydrogens is 298 g/mol. The summed E-state index contributed by atoms with van der Waals surface area (Å²) in [6.07, 6.45) is 5.04. The zero-order chi connectivity index (χ0) is 16.8. The molecule has 3 rings (SSSR count). The molecule has 4 heteroatoms. The van der Waals surface area contributed by atoms with Gasteiger partial charge >= 0.3 is 6.03 Å². The lowest BCUT2D eigenvalue weighted by Crippen LogP contribution is -2.39. The van der Waals surface area contributed by atoms with Crippen LogP contribution in [-0.4, -0.2) is 25.3 Å². The van der Waals surface area contributed by atoms with Crippen LogP contribution in [0, 0.1) is 0 Å². The molecule has 2 aromatic rings. The van der Waals surface area contributed by atoms with Crippen LogP contribution in [0.2, 0.25) is 0 Å². The van der Waals surface area contributed by atoms with Crippen LogP contribution in [0.1, 0.15) is 18.0 Å². The molecule has 0 saturated carbocycles. The second kappa shape index (κ2) is 7.59. The predicted molar refractivity (Wildman–Crippen MR) is 98.3 cm³/mol. The second-order valence-corrected chi connectivity index (χ2v) is 5.64. The highest BCUT2D eigenvalue weighted by Crippen LogP contribution is 2.23. The largest absolute Gasteiger partial charge is 0.341 e. The van der Waals surface area contributed by atoms with Crippen molar-refractivity contribution in [3.8, 4) is 11.1 Å². The van der Waals surface area contributed by atoms with Crippen LogP contribution in [0.3, 0.4) is 0 Å². The van der Waals surface area contributed by atoms with Crippen molar-refractivity contribution in [3.05, 3.63) is 72.3 Å². The number of rotatable bonds is 4. The molecule has 0 spiro atoms. The van der Waals surface area contributed by atoms with Crippen molar-refractivity contribution in [1.82, 2.24) is 10.6 Å². The minimum absolute atomic E-state index is 0.214. The van der Waals surface area contributed by atoms with Crippen LogP contribution >= 0.6 is 0 Å². The Hall–Kier alpha value is -2.88. The van der Waals surface area contributed by atoms with E-state index in [-0.39, 0.29) is 12.1 Å². The van der Waals surface area contributed by atoms with E-state index in [0.29, 0.717) is 0 Å². The van der Waals surface area contributed by atoms with Gasteiger partial charge in [0.2, 0.25) is 0 Å². The Morgan fingerprint density at radius 2 is 1.75 bits per heavy atom. The molecule has 0 fully saturated rings. The molecule has 1 heterocycles. The number of nitrogens with zero attached hydrogens (tertiary/aromatic N) is 1. The van der Waals surface area contributed by atoms with Gasteiger partial charge in [-0.25, -0.2) is 4.79 Å². The van der Waals surface area contributed by atoms with Gasteiger partial charge < -0.3 is 10.6 Å². The Kier molecular flexibility index (Phi) is 5.06. The Labute approximate surface area is 142 Å². The fraction of sp³-hybridized carbons (Fsp3) is 0.200. The summed E-state index contributed by atoms with van der Waals surface area (Å²) in [4.78, 5) is 16.4. The van der Waals surface area contributed by atoms with Gasteiger partial charge in [0.1, 0.15) is 0 Å². The van der Waals surface area contributed by atoms with Crippen molar-refractivity contribution in [3.63, 3.8) is 0 Å². The molecule has 2 amide bonds. The number of hydrogen-bond donors (Lipinski definition) is 2. The van der Waals surface area contributed by atoms with E-state index >= 15 is 0 Å². The fourth-order valence-electron chi connectivity index (χ4n) is 2.74. The maximum absolute atomic E-state index is 11.8. The van der Waals surface area contributed by atoms with Crippen molar-refractivity contribution in [1.29, 1.82) is 0 Å². The number of carbonyl (C=O) groups excluding carboxylic acids is 1. The van der Waals surface area contributed by atoms with Crippen molar-refractivity contribution >= 4 is 11.7 Å². The average Bonchev–Trinajstić information content (AvgIpc) is 2.67. The number of hydrogen-bond acceptors (Lipinski definition) is 2. The van der Waals surface area contributed by atoms with Gasteiger partial charge in [0.05, 0.1) is 11.8 Å². The molecule has 4 nitrogen and oxygen atoms in total. The Balaban J connectivity index is 1.88. The maximum atomic E-state index is 11.8.